The van der Waals surface area contributed by atoms with Gasteiger partial charge in [0.25, 0.3) is 5.91 Å². The number of rotatable bonds is 3. The second-order valence-electron chi connectivity index (χ2n) is 4.10. The Morgan fingerprint density at radius 1 is 1.50 bits per heavy atom. The van der Waals surface area contributed by atoms with Crippen LogP contribution in [0.15, 0.2) is 12.1 Å². The molecule has 1 unspecified atom stereocenters. The van der Waals surface area contributed by atoms with E-state index in [0.717, 1.165) is 0 Å². The van der Waals surface area contributed by atoms with Crippen molar-refractivity contribution in [2.75, 3.05) is 19.1 Å². The third-order valence-corrected chi connectivity index (χ3v) is 3.01. The zero-order valence-corrected chi connectivity index (χ0v) is 10.6. The lowest BCUT2D eigenvalue weighted by Crippen LogP contribution is -2.43. The van der Waals surface area contributed by atoms with E-state index in [-0.39, 0.29) is 5.91 Å². The summed E-state index contributed by atoms with van der Waals surface area (Å²) in [5.41, 5.74) is 1.01. The molecule has 1 heterocycles. The van der Waals surface area contributed by atoms with Crippen LogP contribution in [0.5, 0.6) is 11.5 Å². The average molecular weight is 249 g/mol. The van der Waals surface area contributed by atoms with Crippen LogP contribution in [0, 0.1) is 0 Å². The number of nitrogens with zero attached hydrogens (tertiary/aromatic N) is 1. The van der Waals surface area contributed by atoms with Crippen molar-refractivity contribution in [1.29, 1.82) is 0 Å². The molecule has 1 aliphatic heterocycles. The summed E-state index contributed by atoms with van der Waals surface area (Å²) < 4.78 is 10.9. The van der Waals surface area contributed by atoms with Crippen molar-refractivity contribution in [3.63, 3.8) is 0 Å². The number of carbonyl (C=O) groups is 2. The monoisotopic (exact) mass is 249 g/mol. The van der Waals surface area contributed by atoms with Crippen molar-refractivity contribution in [3.8, 4) is 11.5 Å². The zero-order chi connectivity index (χ0) is 13.3. The van der Waals surface area contributed by atoms with Crippen molar-refractivity contribution < 1.29 is 19.1 Å². The minimum Gasteiger partial charge on any atom is -0.493 e. The summed E-state index contributed by atoms with van der Waals surface area (Å²) in [6.45, 7) is 1.88. The van der Waals surface area contributed by atoms with E-state index in [4.69, 9.17) is 9.47 Å². The van der Waals surface area contributed by atoms with Crippen LogP contribution in [0.4, 0.5) is 5.69 Å². The fourth-order valence-electron chi connectivity index (χ4n) is 1.98. The number of hydrogen-bond donors (Lipinski definition) is 0. The standard InChI is InChI=1S/C13H15NO4/c1-4-10-13(16)14(2)9-5-8(7-15)6-11(17-3)12(9)18-10/h5-7,10H,4H2,1-3H3. The predicted molar refractivity (Wildman–Crippen MR) is 66.5 cm³/mol. The summed E-state index contributed by atoms with van der Waals surface area (Å²) >= 11 is 0. The second kappa shape index (κ2) is 4.68. The van der Waals surface area contributed by atoms with Crippen LogP contribution in [-0.2, 0) is 4.79 Å². The number of aldehydes is 1. The lowest BCUT2D eigenvalue weighted by Gasteiger charge is -2.32. The maximum absolute atomic E-state index is 12.0. The molecule has 5 nitrogen and oxygen atoms in total. The van der Waals surface area contributed by atoms with E-state index in [1.807, 2.05) is 6.92 Å². The van der Waals surface area contributed by atoms with Crippen LogP contribution >= 0.6 is 0 Å². The van der Waals surface area contributed by atoms with Gasteiger partial charge in [-0.2, -0.15) is 0 Å². The highest BCUT2D eigenvalue weighted by Crippen LogP contribution is 2.42. The molecule has 5 heteroatoms. The molecule has 0 saturated carbocycles. The first kappa shape index (κ1) is 12.4. The number of fused-ring (bicyclic) bond motifs is 1. The van der Waals surface area contributed by atoms with Gasteiger partial charge in [-0.1, -0.05) is 6.92 Å². The Morgan fingerprint density at radius 3 is 2.78 bits per heavy atom. The number of amides is 1. The topological polar surface area (TPSA) is 55.8 Å². The van der Waals surface area contributed by atoms with Crippen molar-refractivity contribution >= 4 is 17.9 Å². The van der Waals surface area contributed by atoms with E-state index in [1.54, 1.807) is 19.2 Å². The quantitative estimate of drug-likeness (QED) is 0.764. The highest BCUT2D eigenvalue weighted by atomic mass is 16.5. The Labute approximate surface area is 105 Å². The molecule has 1 aromatic carbocycles. The lowest BCUT2D eigenvalue weighted by molar-refractivity contribution is -0.126. The molecule has 0 fully saturated rings. The largest absolute Gasteiger partial charge is 0.493 e. The summed E-state index contributed by atoms with van der Waals surface area (Å²) in [6.07, 6.45) is 0.798. The summed E-state index contributed by atoms with van der Waals surface area (Å²) in [5.74, 6) is 0.861. The number of methoxy groups -OCH3 is 1. The van der Waals surface area contributed by atoms with Crippen LogP contribution in [-0.4, -0.2) is 32.5 Å². The van der Waals surface area contributed by atoms with E-state index in [0.29, 0.717) is 35.5 Å². The van der Waals surface area contributed by atoms with Crippen molar-refractivity contribution in [1.82, 2.24) is 0 Å². The van der Waals surface area contributed by atoms with Crippen molar-refractivity contribution in [2.24, 2.45) is 0 Å². The van der Waals surface area contributed by atoms with Gasteiger partial charge in [-0.15, -0.1) is 0 Å². The van der Waals surface area contributed by atoms with Gasteiger partial charge in [0.15, 0.2) is 17.6 Å². The first-order valence-electron chi connectivity index (χ1n) is 5.73. The summed E-state index contributed by atoms with van der Waals surface area (Å²) in [7, 11) is 3.17. The molecule has 1 aromatic rings. The molecule has 1 aliphatic rings. The first-order valence-corrected chi connectivity index (χ1v) is 5.73. The van der Waals surface area contributed by atoms with Gasteiger partial charge >= 0.3 is 0 Å². The zero-order valence-electron chi connectivity index (χ0n) is 10.6. The highest BCUT2D eigenvalue weighted by molar-refractivity contribution is 6.01. The molecule has 96 valence electrons. The molecular weight excluding hydrogens is 234 g/mol. The number of anilines is 1. The minimum atomic E-state index is -0.501. The first-order chi connectivity index (χ1) is 8.62. The Bertz CT molecular complexity index is 498. The Morgan fingerprint density at radius 2 is 2.22 bits per heavy atom. The minimum absolute atomic E-state index is 0.116. The van der Waals surface area contributed by atoms with Crippen LogP contribution in [0.2, 0.25) is 0 Å². The number of likely N-dealkylation sites (N-methyl/N-ethyl adjacent to an activating group) is 1. The van der Waals surface area contributed by atoms with E-state index < -0.39 is 6.10 Å². The fraction of sp³-hybridized carbons (Fsp3) is 0.385. The van der Waals surface area contributed by atoms with Gasteiger partial charge in [0.05, 0.1) is 12.8 Å². The van der Waals surface area contributed by atoms with Crippen molar-refractivity contribution in [2.45, 2.75) is 19.4 Å². The van der Waals surface area contributed by atoms with E-state index in [9.17, 15) is 9.59 Å². The van der Waals surface area contributed by atoms with E-state index in [2.05, 4.69) is 0 Å². The summed E-state index contributed by atoms with van der Waals surface area (Å²) in [4.78, 5) is 24.4. The molecule has 0 radical (unpaired) electrons. The number of carbonyl (C=O) groups excluding carboxylic acids is 2. The average Bonchev–Trinajstić information content (AvgIpc) is 2.41. The normalized spacial score (nSPS) is 18.1. The lowest BCUT2D eigenvalue weighted by atomic mass is 10.1. The Balaban J connectivity index is 2.58. The molecule has 1 amide bonds. The Kier molecular flexibility index (Phi) is 3.23. The highest BCUT2D eigenvalue weighted by Gasteiger charge is 2.33. The maximum Gasteiger partial charge on any atom is 0.267 e. The number of ether oxygens (including phenoxy) is 2. The van der Waals surface area contributed by atoms with Gasteiger partial charge in [0.1, 0.15) is 6.29 Å². The van der Waals surface area contributed by atoms with Crippen LogP contribution < -0.4 is 14.4 Å². The number of hydrogen-bond acceptors (Lipinski definition) is 4. The molecule has 0 bridgehead atoms. The maximum atomic E-state index is 12.0. The van der Waals surface area contributed by atoms with Crippen molar-refractivity contribution in [3.05, 3.63) is 17.7 Å². The third-order valence-electron chi connectivity index (χ3n) is 3.01. The molecule has 0 aliphatic carbocycles. The van der Waals surface area contributed by atoms with Gasteiger partial charge in [0.2, 0.25) is 0 Å². The molecule has 0 aromatic heterocycles. The van der Waals surface area contributed by atoms with Crippen LogP contribution in [0.25, 0.3) is 0 Å². The van der Waals surface area contributed by atoms with Gasteiger partial charge < -0.3 is 14.4 Å². The van der Waals surface area contributed by atoms with E-state index in [1.165, 1.54) is 12.0 Å². The molecule has 0 N–H and O–H groups in total. The van der Waals surface area contributed by atoms with Gasteiger partial charge in [-0.05, 0) is 18.6 Å². The number of benzene rings is 1. The molecular formula is C13H15NO4. The van der Waals surface area contributed by atoms with Crippen LogP contribution in [0.3, 0.4) is 0 Å². The van der Waals surface area contributed by atoms with Crippen LogP contribution in [0.1, 0.15) is 23.7 Å². The van der Waals surface area contributed by atoms with Gasteiger partial charge in [0, 0.05) is 12.6 Å². The fourth-order valence-corrected chi connectivity index (χ4v) is 1.98. The predicted octanol–water partition coefficient (Wildman–Crippen LogP) is 1.64. The van der Waals surface area contributed by atoms with E-state index >= 15 is 0 Å². The molecule has 2 rings (SSSR count). The molecule has 0 saturated heterocycles. The smallest absolute Gasteiger partial charge is 0.267 e. The van der Waals surface area contributed by atoms with Gasteiger partial charge in [-0.3, -0.25) is 9.59 Å². The third kappa shape index (κ3) is 1.81. The molecule has 1 atom stereocenters. The van der Waals surface area contributed by atoms with Gasteiger partial charge in [-0.25, -0.2) is 0 Å². The summed E-state index contributed by atoms with van der Waals surface area (Å²) in [5, 5.41) is 0. The summed E-state index contributed by atoms with van der Waals surface area (Å²) in [6, 6.07) is 3.22. The molecule has 0 spiro atoms. The second-order valence-corrected chi connectivity index (χ2v) is 4.10. The Hall–Kier alpha value is -2.04. The molecule has 18 heavy (non-hydrogen) atoms. The SMILES string of the molecule is CCC1Oc2c(OC)cc(C=O)cc2N(C)C1=O.